The molecule has 1 aromatic rings. The lowest BCUT2D eigenvalue weighted by Crippen LogP contribution is -2.42. The number of unbranched alkanes of at least 4 members (excludes halogenated alkanes) is 1. The number of rotatable bonds is 11. The second-order valence-corrected chi connectivity index (χ2v) is 5.18. The first-order chi connectivity index (χ1) is 10.7. The molecule has 0 amide bonds. The van der Waals surface area contributed by atoms with Crippen molar-refractivity contribution in [1.82, 2.24) is 4.90 Å². The van der Waals surface area contributed by atoms with Gasteiger partial charge < -0.3 is 4.74 Å². The molecule has 0 aromatic heterocycles. The normalized spacial score (nSPS) is 11.9. The highest BCUT2D eigenvalue weighted by Gasteiger charge is 2.25. The van der Waals surface area contributed by atoms with E-state index in [1.807, 2.05) is 31.2 Å². The van der Waals surface area contributed by atoms with Crippen molar-refractivity contribution in [1.29, 1.82) is 0 Å². The maximum absolute atomic E-state index is 12.3. The van der Waals surface area contributed by atoms with Crippen molar-refractivity contribution in [3.8, 4) is 0 Å². The van der Waals surface area contributed by atoms with Gasteiger partial charge in [-0.2, -0.15) is 0 Å². The van der Waals surface area contributed by atoms with Crippen LogP contribution in [0.15, 0.2) is 55.6 Å². The van der Waals surface area contributed by atoms with E-state index in [-0.39, 0.29) is 12.0 Å². The quantitative estimate of drug-likeness (QED) is 0.352. The van der Waals surface area contributed by atoms with E-state index in [9.17, 15) is 4.79 Å². The van der Waals surface area contributed by atoms with Crippen LogP contribution >= 0.6 is 0 Å². The highest BCUT2D eigenvalue weighted by atomic mass is 16.5. The number of hydrogen-bond acceptors (Lipinski definition) is 3. The summed E-state index contributed by atoms with van der Waals surface area (Å²) in [5.41, 5.74) is 1.19. The van der Waals surface area contributed by atoms with Gasteiger partial charge in [-0.15, -0.1) is 13.2 Å². The lowest BCUT2D eigenvalue weighted by atomic mass is 10.1. The standard InChI is InChI=1S/C19H27NO2/c1-4-7-11-15-20(16-17-13-9-8-10-14-17)18(12-5-2)19(21)22-6-3/h4-5,8-10,13-14,18H,1-2,6-7,11-12,15-16H2,3H3. The van der Waals surface area contributed by atoms with Gasteiger partial charge in [-0.1, -0.05) is 42.5 Å². The van der Waals surface area contributed by atoms with Crippen molar-refractivity contribution in [3.05, 3.63) is 61.2 Å². The number of esters is 1. The topological polar surface area (TPSA) is 29.5 Å². The van der Waals surface area contributed by atoms with E-state index in [1.165, 1.54) is 5.56 Å². The van der Waals surface area contributed by atoms with E-state index >= 15 is 0 Å². The molecular weight excluding hydrogens is 274 g/mol. The average Bonchev–Trinajstić information content (AvgIpc) is 2.53. The highest BCUT2D eigenvalue weighted by molar-refractivity contribution is 5.76. The summed E-state index contributed by atoms with van der Waals surface area (Å²) in [7, 11) is 0. The summed E-state index contributed by atoms with van der Waals surface area (Å²) in [6.07, 6.45) is 6.21. The van der Waals surface area contributed by atoms with E-state index in [2.05, 4.69) is 30.2 Å². The van der Waals surface area contributed by atoms with Gasteiger partial charge in [0.15, 0.2) is 0 Å². The summed E-state index contributed by atoms with van der Waals surface area (Å²) in [6, 6.07) is 9.92. The third-order valence-corrected chi connectivity index (χ3v) is 3.47. The van der Waals surface area contributed by atoms with Gasteiger partial charge in [0, 0.05) is 6.54 Å². The van der Waals surface area contributed by atoms with Gasteiger partial charge in [0.05, 0.1) is 6.61 Å². The van der Waals surface area contributed by atoms with E-state index in [0.29, 0.717) is 13.0 Å². The molecule has 0 spiro atoms. The van der Waals surface area contributed by atoms with Crippen molar-refractivity contribution >= 4 is 5.97 Å². The van der Waals surface area contributed by atoms with Crippen LogP contribution in [-0.4, -0.2) is 30.1 Å². The number of hydrogen-bond donors (Lipinski definition) is 0. The first-order valence-corrected chi connectivity index (χ1v) is 7.89. The van der Waals surface area contributed by atoms with Gasteiger partial charge in [0.2, 0.25) is 0 Å². The van der Waals surface area contributed by atoms with Gasteiger partial charge in [-0.05, 0) is 38.3 Å². The van der Waals surface area contributed by atoms with Crippen molar-refractivity contribution in [3.63, 3.8) is 0 Å². The number of allylic oxidation sites excluding steroid dienone is 1. The van der Waals surface area contributed by atoms with Gasteiger partial charge in [-0.3, -0.25) is 9.69 Å². The molecule has 0 heterocycles. The molecule has 1 rings (SSSR count). The summed E-state index contributed by atoms with van der Waals surface area (Å²) < 4.78 is 5.23. The summed E-state index contributed by atoms with van der Waals surface area (Å²) in [5.74, 6) is -0.170. The first kappa shape index (κ1) is 18.2. The monoisotopic (exact) mass is 301 g/mol. The Morgan fingerprint density at radius 3 is 2.59 bits per heavy atom. The number of nitrogens with zero attached hydrogens (tertiary/aromatic N) is 1. The Morgan fingerprint density at radius 2 is 2.00 bits per heavy atom. The number of carbonyl (C=O) groups is 1. The Balaban J connectivity index is 2.85. The molecule has 22 heavy (non-hydrogen) atoms. The number of benzene rings is 1. The molecule has 1 aromatic carbocycles. The zero-order chi connectivity index (χ0) is 16.2. The van der Waals surface area contributed by atoms with Crippen LogP contribution in [0.5, 0.6) is 0 Å². The molecule has 0 aliphatic carbocycles. The molecule has 3 nitrogen and oxygen atoms in total. The SMILES string of the molecule is C=CCCCN(Cc1ccccc1)C(CC=C)C(=O)OCC. The van der Waals surface area contributed by atoms with Crippen LogP contribution in [0, 0.1) is 0 Å². The number of ether oxygens (including phenoxy) is 1. The fourth-order valence-electron chi connectivity index (χ4n) is 2.39. The Bertz CT molecular complexity index is 456. The van der Waals surface area contributed by atoms with E-state index in [0.717, 1.165) is 25.9 Å². The van der Waals surface area contributed by atoms with Crippen LogP contribution in [0.25, 0.3) is 0 Å². The minimum atomic E-state index is -0.275. The van der Waals surface area contributed by atoms with Crippen LogP contribution in [-0.2, 0) is 16.1 Å². The van der Waals surface area contributed by atoms with Gasteiger partial charge in [0.1, 0.15) is 6.04 Å². The molecule has 0 bridgehead atoms. The van der Waals surface area contributed by atoms with E-state index < -0.39 is 0 Å². The maximum atomic E-state index is 12.3. The zero-order valence-electron chi connectivity index (χ0n) is 13.5. The smallest absolute Gasteiger partial charge is 0.323 e. The Kier molecular flexibility index (Phi) is 8.92. The molecule has 0 fully saturated rings. The second kappa shape index (κ2) is 10.8. The lowest BCUT2D eigenvalue weighted by Gasteiger charge is -2.29. The molecule has 0 saturated carbocycles. The van der Waals surface area contributed by atoms with Crippen molar-refractivity contribution in [2.45, 2.75) is 38.8 Å². The summed E-state index contributed by atoms with van der Waals surface area (Å²) in [5, 5.41) is 0. The van der Waals surface area contributed by atoms with Crippen LogP contribution in [0.1, 0.15) is 31.7 Å². The third kappa shape index (κ3) is 6.27. The average molecular weight is 301 g/mol. The van der Waals surface area contributed by atoms with E-state index in [1.54, 1.807) is 6.08 Å². The molecule has 0 saturated heterocycles. The molecule has 120 valence electrons. The predicted molar refractivity (Wildman–Crippen MR) is 91.5 cm³/mol. The van der Waals surface area contributed by atoms with Crippen LogP contribution in [0.3, 0.4) is 0 Å². The van der Waals surface area contributed by atoms with Crippen molar-refractivity contribution < 1.29 is 9.53 Å². The Labute approximate surface area is 134 Å². The molecule has 1 atom stereocenters. The second-order valence-electron chi connectivity index (χ2n) is 5.18. The number of carbonyl (C=O) groups excluding carboxylic acids is 1. The summed E-state index contributed by atoms with van der Waals surface area (Å²) in [6.45, 7) is 11.3. The maximum Gasteiger partial charge on any atom is 0.323 e. The first-order valence-electron chi connectivity index (χ1n) is 7.89. The molecule has 0 N–H and O–H groups in total. The van der Waals surface area contributed by atoms with Crippen LogP contribution < -0.4 is 0 Å². The predicted octanol–water partition coefficient (Wildman–Crippen LogP) is 3.96. The summed E-state index contributed by atoms with van der Waals surface area (Å²) >= 11 is 0. The molecule has 0 aliphatic rings. The molecule has 0 radical (unpaired) electrons. The van der Waals surface area contributed by atoms with Gasteiger partial charge in [-0.25, -0.2) is 0 Å². The minimum Gasteiger partial charge on any atom is -0.465 e. The Hall–Kier alpha value is -1.87. The third-order valence-electron chi connectivity index (χ3n) is 3.47. The lowest BCUT2D eigenvalue weighted by molar-refractivity contribution is -0.149. The van der Waals surface area contributed by atoms with E-state index in [4.69, 9.17) is 4.74 Å². The molecular formula is C19H27NO2. The van der Waals surface area contributed by atoms with Crippen molar-refractivity contribution in [2.75, 3.05) is 13.2 Å². The molecule has 1 unspecified atom stereocenters. The zero-order valence-corrected chi connectivity index (χ0v) is 13.5. The largest absolute Gasteiger partial charge is 0.465 e. The summed E-state index contributed by atoms with van der Waals surface area (Å²) in [4.78, 5) is 14.4. The highest BCUT2D eigenvalue weighted by Crippen LogP contribution is 2.14. The fraction of sp³-hybridized carbons (Fsp3) is 0.421. The molecule has 3 heteroatoms. The van der Waals surface area contributed by atoms with Gasteiger partial charge >= 0.3 is 5.97 Å². The van der Waals surface area contributed by atoms with Crippen LogP contribution in [0.2, 0.25) is 0 Å². The Morgan fingerprint density at radius 1 is 1.27 bits per heavy atom. The fourth-order valence-corrected chi connectivity index (χ4v) is 2.39. The molecule has 0 aliphatic heterocycles. The van der Waals surface area contributed by atoms with Gasteiger partial charge in [0.25, 0.3) is 0 Å². The van der Waals surface area contributed by atoms with Crippen molar-refractivity contribution in [2.24, 2.45) is 0 Å². The van der Waals surface area contributed by atoms with Crippen LogP contribution in [0.4, 0.5) is 0 Å². The minimum absolute atomic E-state index is 0.170.